The van der Waals surface area contributed by atoms with E-state index in [1.807, 2.05) is 0 Å². The minimum atomic E-state index is 0.622. The molecule has 0 aliphatic heterocycles. The standard InChI is InChI=1S/C17H25N/c1-2-11-18-17(14-8-9-14)16-10-7-13-5-3-4-6-15(13)12-16/h7,10,12,14,17-18H,2-6,8-9,11H2,1H3. The minimum Gasteiger partial charge on any atom is -0.310 e. The SMILES string of the molecule is CCCNC(c1ccc2c(c1)CCCC2)C1CC1. The number of nitrogens with one attached hydrogen (secondary N) is 1. The van der Waals surface area contributed by atoms with Crippen LogP contribution >= 0.6 is 0 Å². The largest absolute Gasteiger partial charge is 0.310 e. The molecule has 0 saturated heterocycles. The van der Waals surface area contributed by atoms with Crippen molar-refractivity contribution in [1.82, 2.24) is 5.32 Å². The summed E-state index contributed by atoms with van der Waals surface area (Å²) < 4.78 is 0. The summed E-state index contributed by atoms with van der Waals surface area (Å²) in [7, 11) is 0. The number of hydrogen-bond donors (Lipinski definition) is 1. The second-order valence-corrected chi connectivity index (χ2v) is 6.00. The summed E-state index contributed by atoms with van der Waals surface area (Å²) >= 11 is 0. The highest BCUT2D eigenvalue weighted by Gasteiger charge is 2.32. The van der Waals surface area contributed by atoms with Crippen molar-refractivity contribution in [2.75, 3.05) is 6.54 Å². The molecule has 0 bridgehead atoms. The zero-order valence-electron chi connectivity index (χ0n) is 11.5. The predicted molar refractivity (Wildman–Crippen MR) is 76.8 cm³/mol. The molecule has 2 aliphatic carbocycles. The van der Waals surface area contributed by atoms with Crippen LogP contribution in [0.5, 0.6) is 0 Å². The Bertz CT molecular complexity index is 406. The average molecular weight is 243 g/mol. The molecule has 1 atom stereocenters. The summed E-state index contributed by atoms with van der Waals surface area (Å²) in [6.07, 6.45) is 9.42. The van der Waals surface area contributed by atoms with E-state index in [0.717, 1.165) is 12.5 Å². The van der Waals surface area contributed by atoms with Gasteiger partial charge in [0.15, 0.2) is 0 Å². The van der Waals surface area contributed by atoms with E-state index in [1.54, 1.807) is 16.7 Å². The van der Waals surface area contributed by atoms with Gasteiger partial charge in [-0.2, -0.15) is 0 Å². The fourth-order valence-electron chi connectivity index (χ4n) is 3.23. The summed E-state index contributed by atoms with van der Waals surface area (Å²) in [6, 6.07) is 7.90. The Morgan fingerprint density at radius 2 is 1.94 bits per heavy atom. The number of benzene rings is 1. The van der Waals surface area contributed by atoms with Gasteiger partial charge in [-0.25, -0.2) is 0 Å². The first-order chi connectivity index (χ1) is 8.88. The zero-order chi connectivity index (χ0) is 12.4. The Morgan fingerprint density at radius 1 is 1.17 bits per heavy atom. The molecule has 0 amide bonds. The van der Waals surface area contributed by atoms with E-state index >= 15 is 0 Å². The van der Waals surface area contributed by atoms with E-state index in [1.165, 1.54) is 44.9 Å². The lowest BCUT2D eigenvalue weighted by atomic mass is 9.88. The van der Waals surface area contributed by atoms with Gasteiger partial charge in [0.2, 0.25) is 0 Å². The van der Waals surface area contributed by atoms with Gasteiger partial charge < -0.3 is 5.32 Å². The maximum atomic E-state index is 3.75. The Hall–Kier alpha value is -0.820. The molecule has 1 N–H and O–H groups in total. The number of fused-ring (bicyclic) bond motifs is 1. The molecule has 0 aromatic heterocycles. The molecule has 1 aromatic carbocycles. The molecule has 0 heterocycles. The highest BCUT2D eigenvalue weighted by Crippen LogP contribution is 2.41. The third kappa shape index (κ3) is 2.61. The highest BCUT2D eigenvalue weighted by molar-refractivity contribution is 5.35. The van der Waals surface area contributed by atoms with Gasteiger partial charge in [0, 0.05) is 6.04 Å². The molecule has 1 unspecified atom stereocenters. The van der Waals surface area contributed by atoms with Crippen LogP contribution in [0.2, 0.25) is 0 Å². The molecular formula is C17H25N. The molecule has 98 valence electrons. The van der Waals surface area contributed by atoms with Crippen molar-refractivity contribution in [3.8, 4) is 0 Å². The molecule has 2 aliphatic rings. The van der Waals surface area contributed by atoms with Crippen molar-refractivity contribution in [2.45, 2.75) is 57.9 Å². The second kappa shape index (κ2) is 5.44. The fraction of sp³-hybridized carbons (Fsp3) is 0.647. The Kier molecular flexibility index (Phi) is 3.69. The van der Waals surface area contributed by atoms with E-state index < -0.39 is 0 Å². The summed E-state index contributed by atoms with van der Waals surface area (Å²) in [5.41, 5.74) is 4.78. The lowest BCUT2D eigenvalue weighted by Gasteiger charge is -2.22. The lowest BCUT2D eigenvalue weighted by molar-refractivity contribution is 0.480. The first-order valence-electron chi connectivity index (χ1n) is 7.73. The molecule has 3 rings (SSSR count). The maximum absolute atomic E-state index is 3.75. The third-order valence-corrected chi connectivity index (χ3v) is 4.44. The Morgan fingerprint density at radius 3 is 2.67 bits per heavy atom. The van der Waals surface area contributed by atoms with E-state index in [4.69, 9.17) is 0 Å². The normalized spacial score (nSPS) is 20.5. The predicted octanol–water partition coefficient (Wildman–Crippen LogP) is 4.02. The Labute approximate surface area is 111 Å². The van der Waals surface area contributed by atoms with E-state index in [2.05, 4.69) is 30.4 Å². The molecule has 18 heavy (non-hydrogen) atoms. The van der Waals surface area contributed by atoms with Gasteiger partial charge in [-0.15, -0.1) is 0 Å². The number of hydrogen-bond acceptors (Lipinski definition) is 1. The van der Waals surface area contributed by atoms with Crippen molar-refractivity contribution in [3.63, 3.8) is 0 Å². The van der Waals surface area contributed by atoms with E-state index in [-0.39, 0.29) is 0 Å². The lowest BCUT2D eigenvalue weighted by Crippen LogP contribution is -2.24. The molecule has 1 heteroatoms. The summed E-state index contributed by atoms with van der Waals surface area (Å²) in [5.74, 6) is 0.901. The molecule has 1 aromatic rings. The third-order valence-electron chi connectivity index (χ3n) is 4.44. The topological polar surface area (TPSA) is 12.0 Å². The van der Waals surface area contributed by atoms with Crippen LogP contribution in [0.3, 0.4) is 0 Å². The fourth-order valence-corrected chi connectivity index (χ4v) is 3.23. The first kappa shape index (κ1) is 12.2. The summed E-state index contributed by atoms with van der Waals surface area (Å²) in [5, 5.41) is 3.75. The van der Waals surface area contributed by atoms with Gasteiger partial charge in [0.05, 0.1) is 0 Å². The second-order valence-electron chi connectivity index (χ2n) is 6.00. The van der Waals surface area contributed by atoms with Crippen LogP contribution in [-0.2, 0) is 12.8 Å². The quantitative estimate of drug-likeness (QED) is 0.823. The Balaban J connectivity index is 1.80. The monoisotopic (exact) mass is 243 g/mol. The maximum Gasteiger partial charge on any atom is 0.0348 e. The summed E-state index contributed by atoms with van der Waals surface area (Å²) in [6.45, 7) is 3.40. The van der Waals surface area contributed by atoms with Crippen LogP contribution in [0.4, 0.5) is 0 Å². The van der Waals surface area contributed by atoms with Gasteiger partial charge in [-0.1, -0.05) is 25.1 Å². The van der Waals surface area contributed by atoms with Gasteiger partial charge in [0.25, 0.3) is 0 Å². The van der Waals surface area contributed by atoms with Crippen LogP contribution in [0.15, 0.2) is 18.2 Å². The first-order valence-corrected chi connectivity index (χ1v) is 7.73. The van der Waals surface area contributed by atoms with Gasteiger partial charge >= 0.3 is 0 Å². The van der Waals surface area contributed by atoms with E-state index in [9.17, 15) is 0 Å². The van der Waals surface area contributed by atoms with Crippen LogP contribution in [0, 0.1) is 5.92 Å². The van der Waals surface area contributed by atoms with Crippen molar-refractivity contribution >= 4 is 0 Å². The van der Waals surface area contributed by atoms with Crippen LogP contribution in [0.1, 0.15) is 61.8 Å². The highest BCUT2D eigenvalue weighted by atomic mass is 14.9. The van der Waals surface area contributed by atoms with E-state index in [0.29, 0.717) is 6.04 Å². The van der Waals surface area contributed by atoms with Crippen molar-refractivity contribution in [2.24, 2.45) is 5.92 Å². The zero-order valence-corrected chi connectivity index (χ0v) is 11.5. The molecular weight excluding hydrogens is 218 g/mol. The molecule has 1 nitrogen and oxygen atoms in total. The number of aryl methyl sites for hydroxylation is 2. The van der Waals surface area contributed by atoms with Crippen LogP contribution < -0.4 is 5.32 Å². The smallest absolute Gasteiger partial charge is 0.0348 e. The van der Waals surface area contributed by atoms with Crippen LogP contribution in [-0.4, -0.2) is 6.54 Å². The number of rotatable bonds is 5. The minimum absolute atomic E-state index is 0.622. The van der Waals surface area contributed by atoms with Crippen LogP contribution in [0.25, 0.3) is 0 Å². The van der Waals surface area contributed by atoms with Crippen molar-refractivity contribution < 1.29 is 0 Å². The molecule has 0 radical (unpaired) electrons. The van der Waals surface area contributed by atoms with Gasteiger partial charge in [-0.3, -0.25) is 0 Å². The van der Waals surface area contributed by atoms with Crippen molar-refractivity contribution in [1.29, 1.82) is 0 Å². The summed E-state index contributed by atoms with van der Waals surface area (Å²) in [4.78, 5) is 0. The molecule has 0 spiro atoms. The molecule has 1 fully saturated rings. The molecule has 1 saturated carbocycles. The van der Waals surface area contributed by atoms with Gasteiger partial charge in [0.1, 0.15) is 0 Å². The van der Waals surface area contributed by atoms with Crippen molar-refractivity contribution in [3.05, 3.63) is 34.9 Å². The average Bonchev–Trinajstić information content (AvgIpc) is 3.24. The van der Waals surface area contributed by atoms with Gasteiger partial charge in [-0.05, 0) is 74.1 Å².